The lowest BCUT2D eigenvalue weighted by molar-refractivity contribution is -0.141. The molecule has 0 aromatic rings. The van der Waals surface area contributed by atoms with E-state index >= 15 is 0 Å². The number of amides is 1. The van der Waals surface area contributed by atoms with Crippen LogP contribution in [0.15, 0.2) is 0 Å². The molecule has 0 spiro atoms. The smallest absolute Gasteiger partial charge is 0.239 e. The summed E-state index contributed by atoms with van der Waals surface area (Å²) in [6, 6.07) is -0.0849. The Balaban J connectivity index is 2.55. The minimum atomic E-state index is -0.363. The quantitative estimate of drug-likeness (QED) is 0.693. The molecule has 14 heavy (non-hydrogen) atoms. The van der Waals surface area contributed by atoms with Crippen molar-refractivity contribution in [2.24, 2.45) is 0 Å². The van der Waals surface area contributed by atoms with Gasteiger partial charge in [0, 0.05) is 26.2 Å². The standard InChI is InChI=1S/C10H20N2O2/c1-4-11-5-6-12(7-8(2)13)9(3)10(11)14/h8-9,13H,4-7H2,1-3H3. The van der Waals surface area contributed by atoms with Crippen molar-refractivity contribution in [3.05, 3.63) is 0 Å². The van der Waals surface area contributed by atoms with E-state index in [1.165, 1.54) is 0 Å². The fourth-order valence-electron chi connectivity index (χ4n) is 1.88. The summed E-state index contributed by atoms with van der Waals surface area (Å²) in [6.07, 6.45) is -0.363. The lowest BCUT2D eigenvalue weighted by atomic mass is 10.1. The highest BCUT2D eigenvalue weighted by Crippen LogP contribution is 2.11. The lowest BCUT2D eigenvalue weighted by Gasteiger charge is -2.39. The summed E-state index contributed by atoms with van der Waals surface area (Å²) in [7, 11) is 0. The normalized spacial score (nSPS) is 26.7. The van der Waals surface area contributed by atoms with Crippen molar-refractivity contribution >= 4 is 5.91 Å². The number of aliphatic hydroxyl groups excluding tert-OH is 1. The molecule has 4 heteroatoms. The van der Waals surface area contributed by atoms with Crippen LogP contribution in [-0.2, 0) is 4.79 Å². The summed E-state index contributed by atoms with van der Waals surface area (Å²) in [5.41, 5.74) is 0. The molecule has 0 aromatic heterocycles. The maximum Gasteiger partial charge on any atom is 0.239 e. The van der Waals surface area contributed by atoms with Crippen molar-refractivity contribution in [1.82, 2.24) is 9.80 Å². The number of carbonyl (C=O) groups excluding carboxylic acids is 1. The first kappa shape index (κ1) is 11.5. The van der Waals surface area contributed by atoms with E-state index in [0.717, 1.165) is 19.6 Å². The molecule has 1 aliphatic heterocycles. The van der Waals surface area contributed by atoms with Gasteiger partial charge in [0.05, 0.1) is 12.1 Å². The van der Waals surface area contributed by atoms with Gasteiger partial charge in [-0.2, -0.15) is 0 Å². The maximum atomic E-state index is 11.8. The van der Waals surface area contributed by atoms with Gasteiger partial charge in [-0.15, -0.1) is 0 Å². The summed E-state index contributed by atoms with van der Waals surface area (Å²) >= 11 is 0. The fraction of sp³-hybridized carbons (Fsp3) is 0.900. The molecule has 1 heterocycles. The van der Waals surface area contributed by atoms with E-state index in [-0.39, 0.29) is 18.1 Å². The van der Waals surface area contributed by atoms with Crippen molar-refractivity contribution in [3.8, 4) is 0 Å². The Bertz CT molecular complexity index is 206. The first-order valence-electron chi connectivity index (χ1n) is 5.27. The van der Waals surface area contributed by atoms with Gasteiger partial charge in [-0.3, -0.25) is 9.69 Å². The first-order valence-corrected chi connectivity index (χ1v) is 5.27. The van der Waals surface area contributed by atoms with Gasteiger partial charge in [0.1, 0.15) is 0 Å². The predicted octanol–water partition coefficient (Wildman–Crippen LogP) is -0.0802. The van der Waals surface area contributed by atoms with E-state index in [1.807, 2.05) is 23.6 Å². The minimum absolute atomic E-state index is 0.0849. The van der Waals surface area contributed by atoms with Gasteiger partial charge in [0.2, 0.25) is 5.91 Å². The van der Waals surface area contributed by atoms with Crippen LogP contribution in [0.3, 0.4) is 0 Å². The van der Waals surface area contributed by atoms with Gasteiger partial charge in [0.25, 0.3) is 0 Å². The van der Waals surface area contributed by atoms with Gasteiger partial charge in [-0.25, -0.2) is 0 Å². The Morgan fingerprint density at radius 3 is 2.71 bits per heavy atom. The zero-order valence-corrected chi connectivity index (χ0v) is 9.23. The second kappa shape index (κ2) is 4.75. The van der Waals surface area contributed by atoms with Gasteiger partial charge in [0.15, 0.2) is 0 Å². The molecule has 0 aliphatic carbocycles. The molecule has 1 N–H and O–H groups in total. The van der Waals surface area contributed by atoms with Crippen molar-refractivity contribution in [1.29, 1.82) is 0 Å². The Kier molecular flexibility index (Phi) is 3.89. The molecule has 4 nitrogen and oxygen atoms in total. The van der Waals surface area contributed by atoms with Gasteiger partial charge < -0.3 is 10.0 Å². The zero-order valence-electron chi connectivity index (χ0n) is 9.23. The SMILES string of the molecule is CCN1CCN(CC(C)O)C(C)C1=O. The minimum Gasteiger partial charge on any atom is -0.392 e. The summed E-state index contributed by atoms with van der Waals surface area (Å²) in [5.74, 6) is 0.180. The van der Waals surface area contributed by atoms with E-state index < -0.39 is 0 Å². The fourth-order valence-corrected chi connectivity index (χ4v) is 1.88. The highest BCUT2D eigenvalue weighted by molar-refractivity contribution is 5.82. The van der Waals surface area contributed by atoms with Crippen molar-refractivity contribution in [2.75, 3.05) is 26.2 Å². The molecule has 1 aliphatic rings. The lowest BCUT2D eigenvalue weighted by Crippen LogP contribution is -2.56. The van der Waals surface area contributed by atoms with Gasteiger partial charge in [-0.05, 0) is 20.8 Å². The van der Waals surface area contributed by atoms with E-state index in [0.29, 0.717) is 6.54 Å². The summed E-state index contributed by atoms with van der Waals surface area (Å²) in [4.78, 5) is 15.7. The highest BCUT2D eigenvalue weighted by atomic mass is 16.3. The number of likely N-dealkylation sites (N-methyl/N-ethyl adjacent to an activating group) is 1. The number of hydrogen-bond acceptors (Lipinski definition) is 3. The number of hydrogen-bond donors (Lipinski definition) is 1. The molecule has 1 amide bonds. The van der Waals surface area contributed by atoms with Crippen LogP contribution in [-0.4, -0.2) is 59.1 Å². The molecular weight excluding hydrogens is 180 g/mol. The molecule has 1 rings (SSSR count). The Morgan fingerprint density at radius 1 is 1.57 bits per heavy atom. The van der Waals surface area contributed by atoms with Crippen LogP contribution < -0.4 is 0 Å². The summed E-state index contributed by atoms with van der Waals surface area (Å²) in [5, 5.41) is 9.27. The zero-order chi connectivity index (χ0) is 10.7. The van der Waals surface area contributed by atoms with Crippen LogP contribution in [0.2, 0.25) is 0 Å². The number of β-amino-alcohol motifs (C(OH)–C–C–N with tert-alkyl or cyclic N) is 1. The van der Waals surface area contributed by atoms with Crippen molar-refractivity contribution in [3.63, 3.8) is 0 Å². The topological polar surface area (TPSA) is 43.8 Å². The van der Waals surface area contributed by atoms with Crippen LogP contribution in [0.4, 0.5) is 0 Å². The molecule has 0 bridgehead atoms. The molecule has 82 valence electrons. The first-order chi connectivity index (χ1) is 6.56. The second-order valence-electron chi connectivity index (χ2n) is 3.94. The average molecular weight is 200 g/mol. The van der Waals surface area contributed by atoms with E-state index in [9.17, 15) is 9.90 Å². The summed E-state index contributed by atoms with van der Waals surface area (Å²) in [6.45, 7) is 8.68. The third-order valence-corrected chi connectivity index (χ3v) is 2.75. The Morgan fingerprint density at radius 2 is 2.21 bits per heavy atom. The number of aliphatic hydroxyl groups is 1. The third kappa shape index (κ3) is 2.45. The number of nitrogens with zero attached hydrogens (tertiary/aromatic N) is 2. The van der Waals surface area contributed by atoms with E-state index in [1.54, 1.807) is 6.92 Å². The Hall–Kier alpha value is -0.610. The van der Waals surface area contributed by atoms with Crippen LogP contribution >= 0.6 is 0 Å². The molecule has 1 fully saturated rings. The molecule has 0 saturated carbocycles. The predicted molar refractivity (Wildman–Crippen MR) is 55.0 cm³/mol. The molecule has 0 aromatic carbocycles. The van der Waals surface area contributed by atoms with Crippen molar-refractivity contribution in [2.45, 2.75) is 32.9 Å². The van der Waals surface area contributed by atoms with Gasteiger partial charge in [-0.1, -0.05) is 0 Å². The molecule has 2 atom stereocenters. The van der Waals surface area contributed by atoms with E-state index in [4.69, 9.17) is 0 Å². The monoisotopic (exact) mass is 200 g/mol. The largest absolute Gasteiger partial charge is 0.392 e. The number of carbonyl (C=O) groups is 1. The molecule has 2 unspecified atom stereocenters. The van der Waals surface area contributed by atoms with Crippen LogP contribution in [0.5, 0.6) is 0 Å². The van der Waals surface area contributed by atoms with Crippen molar-refractivity contribution < 1.29 is 9.90 Å². The Labute approximate surface area is 85.5 Å². The van der Waals surface area contributed by atoms with Crippen LogP contribution in [0.25, 0.3) is 0 Å². The molecule has 1 saturated heterocycles. The third-order valence-electron chi connectivity index (χ3n) is 2.75. The van der Waals surface area contributed by atoms with Crippen LogP contribution in [0.1, 0.15) is 20.8 Å². The summed E-state index contributed by atoms with van der Waals surface area (Å²) < 4.78 is 0. The number of rotatable bonds is 3. The number of piperazine rings is 1. The molecule has 0 radical (unpaired) electrons. The molecular formula is C10H20N2O2. The average Bonchev–Trinajstić information content (AvgIpc) is 2.13. The van der Waals surface area contributed by atoms with Crippen LogP contribution in [0, 0.1) is 0 Å². The maximum absolute atomic E-state index is 11.8. The highest BCUT2D eigenvalue weighted by Gasteiger charge is 2.30. The van der Waals surface area contributed by atoms with E-state index in [2.05, 4.69) is 0 Å². The van der Waals surface area contributed by atoms with Gasteiger partial charge >= 0.3 is 0 Å². The second-order valence-corrected chi connectivity index (χ2v) is 3.94.